The minimum atomic E-state index is -1.48. The number of halogens is 1. The molecule has 0 spiro atoms. The maximum absolute atomic E-state index is 12.5. The number of thioether (sulfide) groups is 1. The second-order valence-corrected chi connectivity index (χ2v) is 7.34. The number of β-lactam (4-membered cyclic amide) rings is 1. The number of carbonyl (C=O) groups excluding carboxylic acids is 3. The van der Waals surface area contributed by atoms with Gasteiger partial charge in [-0.1, -0.05) is 0 Å². The van der Waals surface area contributed by atoms with Gasteiger partial charge >= 0.3 is 5.97 Å². The summed E-state index contributed by atoms with van der Waals surface area (Å²) in [5.41, 5.74) is -1.48. The van der Waals surface area contributed by atoms with E-state index in [-0.39, 0.29) is 5.88 Å². The van der Waals surface area contributed by atoms with E-state index in [0.717, 1.165) is 0 Å². The molecule has 0 saturated carbocycles. The van der Waals surface area contributed by atoms with Gasteiger partial charge in [-0.05, 0) is 13.8 Å². The van der Waals surface area contributed by atoms with E-state index in [4.69, 9.17) is 21.1 Å². The van der Waals surface area contributed by atoms with Crippen molar-refractivity contribution < 1.29 is 23.9 Å². The van der Waals surface area contributed by atoms with Crippen molar-refractivity contribution in [3.8, 4) is 0 Å². The number of nitrogens with zero attached hydrogens (tertiary/aromatic N) is 1. The molecule has 7 nitrogen and oxygen atoms in total. The predicted octanol–water partition coefficient (Wildman–Crippen LogP) is -0.0806. The maximum Gasteiger partial charge on any atom is 0.330 e. The van der Waals surface area contributed by atoms with Gasteiger partial charge in [0.1, 0.15) is 17.3 Å². The van der Waals surface area contributed by atoms with Crippen LogP contribution in [0.4, 0.5) is 0 Å². The van der Waals surface area contributed by atoms with Crippen LogP contribution in [0.3, 0.4) is 0 Å². The fourth-order valence-electron chi connectivity index (χ4n) is 2.72. The van der Waals surface area contributed by atoms with Crippen LogP contribution in [0.15, 0.2) is 0 Å². The molecule has 21 heavy (non-hydrogen) atoms. The van der Waals surface area contributed by atoms with Crippen molar-refractivity contribution in [2.45, 2.75) is 35.7 Å². The Hall–Kier alpha value is -0.990. The van der Waals surface area contributed by atoms with Crippen LogP contribution in [-0.4, -0.2) is 64.7 Å². The van der Waals surface area contributed by atoms with Crippen molar-refractivity contribution in [3.63, 3.8) is 0 Å². The van der Waals surface area contributed by atoms with Crippen LogP contribution in [0, 0.1) is 0 Å². The fourth-order valence-corrected chi connectivity index (χ4v) is 4.45. The molecule has 0 aromatic heterocycles. The molecule has 0 bridgehead atoms. The zero-order chi connectivity index (χ0) is 16.0. The Morgan fingerprint density at radius 2 is 2.05 bits per heavy atom. The highest BCUT2D eigenvalue weighted by atomic mass is 35.5. The topological polar surface area (TPSA) is 84.9 Å². The Labute approximate surface area is 131 Å². The molecule has 2 fully saturated rings. The Kier molecular flexibility index (Phi) is 4.16. The molecule has 2 aliphatic rings. The molecule has 2 rings (SSSR count). The van der Waals surface area contributed by atoms with E-state index < -0.39 is 39.7 Å². The lowest BCUT2D eigenvalue weighted by atomic mass is 9.93. The summed E-state index contributed by atoms with van der Waals surface area (Å²) in [6.07, 6.45) is 0. The molecular weight excluding hydrogens is 320 g/mol. The van der Waals surface area contributed by atoms with Crippen LogP contribution in [0.25, 0.3) is 0 Å². The van der Waals surface area contributed by atoms with Crippen molar-refractivity contribution in [1.82, 2.24) is 10.2 Å². The standard InChI is InChI=1S/C12H17ClN2O5S/c1-11(2)7(8(17)19-3)15-9(18)12(20-4,10(15)21-11)14-6(16)5-13/h7,10H,5H2,1-4H3,(H,14,16). The average molecular weight is 337 g/mol. The van der Waals surface area contributed by atoms with Gasteiger partial charge in [0.2, 0.25) is 5.91 Å². The number of alkyl halides is 1. The molecule has 118 valence electrons. The van der Waals surface area contributed by atoms with E-state index in [2.05, 4.69) is 5.32 Å². The molecule has 2 heterocycles. The molecule has 2 amide bonds. The van der Waals surface area contributed by atoms with Gasteiger partial charge in [-0.15, -0.1) is 23.4 Å². The summed E-state index contributed by atoms with van der Waals surface area (Å²) in [6.45, 7) is 3.68. The van der Waals surface area contributed by atoms with E-state index in [1.165, 1.54) is 30.9 Å². The third-order valence-corrected chi connectivity index (χ3v) is 5.55. The first-order valence-electron chi connectivity index (χ1n) is 6.25. The summed E-state index contributed by atoms with van der Waals surface area (Å²) in [5, 5.41) is 2.01. The van der Waals surface area contributed by atoms with Crippen molar-refractivity contribution in [3.05, 3.63) is 0 Å². The number of nitrogens with one attached hydrogen (secondary N) is 1. The Balaban J connectivity index is 2.33. The monoisotopic (exact) mass is 336 g/mol. The number of fused-ring (bicyclic) bond motifs is 1. The molecule has 3 atom stereocenters. The Morgan fingerprint density at radius 1 is 1.43 bits per heavy atom. The first-order valence-corrected chi connectivity index (χ1v) is 7.67. The lowest BCUT2D eigenvalue weighted by Crippen LogP contribution is -2.80. The Bertz CT molecular complexity index is 500. The molecule has 2 aliphatic heterocycles. The molecular formula is C12H17ClN2O5S. The highest BCUT2D eigenvalue weighted by Gasteiger charge is 2.73. The maximum atomic E-state index is 12.5. The Morgan fingerprint density at radius 3 is 2.52 bits per heavy atom. The van der Waals surface area contributed by atoms with Crippen LogP contribution in [-0.2, 0) is 23.9 Å². The van der Waals surface area contributed by atoms with Crippen molar-refractivity contribution in [1.29, 1.82) is 0 Å². The van der Waals surface area contributed by atoms with Gasteiger partial charge in [-0.3, -0.25) is 9.59 Å². The van der Waals surface area contributed by atoms with Crippen LogP contribution in [0.2, 0.25) is 0 Å². The molecule has 0 aromatic carbocycles. The van der Waals surface area contributed by atoms with E-state index in [9.17, 15) is 14.4 Å². The molecule has 3 unspecified atom stereocenters. The summed E-state index contributed by atoms with van der Waals surface area (Å²) in [4.78, 5) is 37.4. The zero-order valence-electron chi connectivity index (χ0n) is 12.1. The summed E-state index contributed by atoms with van der Waals surface area (Å²) in [7, 11) is 2.61. The fraction of sp³-hybridized carbons (Fsp3) is 0.750. The van der Waals surface area contributed by atoms with E-state index in [0.29, 0.717) is 0 Å². The first kappa shape index (κ1) is 16.4. The molecule has 2 saturated heterocycles. The summed E-state index contributed by atoms with van der Waals surface area (Å²) in [6, 6.07) is -0.721. The number of hydrogen-bond donors (Lipinski definition) is 1. The molecule has 0 radical (unpaired) electrons. The van der Waals surface area contributed by atoms with Gasteiger partial charge in [0.25, 0.3) is 11.6 Å². The van der Waals surface area contributed by atoms with Gasteiger partial charge in [-0.25, -0.2) is 4.79 Å². The minimum absolute atomic E-state index is 0.278. The number of methoxy groups -OCH3 is 2. The highest BCUT2D eigenvalue weighted by molar-refractivity contribution is 8.01. The van der Waals surface area contributed by atoms with Gasteiger partial charge < -0.3 is 19.7 Å². The number of rotatable bonds is 4. The number of carbonyl (C=O) groups is 3. The molecule has 1 N–H and O–H groups in total. The zero-order valence-corrected chi connectivity index (χ0v) is 13.7. The second kappa shape index (κ2) is 5.33. The van der Waals surface area contributed by atoms with Gasteiger partial charge in [0.05, 0.1) is 7.11 Å². The van der Waals surface area contributed by atoms with Gasteiger partial charge in [0.15, 0.2) is 0 Å². The third kappa shape index (κ3) is 2.20. The minimum Gasteiger partial charge on any atom is -0.467 e. The molecule has 0 aliphatic carbocycles. The number of ether oxygens (including phenoxy) is 2. The lowest BCUT2D eigenvalue weighted by Gasteiger charge is -2.51. The number of esters is 1. The van der Waals surface area contributed by atoms with E-state index in [1.807, 2.05) is 13.8 Å². The summed E-state index contributed by atoms with van der Waals surface area (Å²) >= 11 is 6.85. The van der Waals surface area contributed by atoms with E-state index >= 15 is 0 Å². The van der Waals surface area contributed by atoms with Crippen molar-refractivity contribution in [2.24, 2.45) is 0 Å². The van der Waals surface area contributed by atoms with Gasteiger partial charge in [0, 0.05) is 11.9 Å². The van der Waals surface area contributed by atoms with Crippen molar-refractivity contribution in [2.75, 3.05) is 20.1 Å². The van der Waals surface area contributed by atoms with Crippen LogP contribution < -0.4 is 5.32 Å². The van der Waals surface area contributed by atoms with E-state index in [1.54, 1.807) is 0 Å². The number of amides is 2. The summed E-state index contributed by atoms with van der Waals surface area (Å²) in [5.74, 6) is -1.75. The highest BCUT2D eigenvalue weighted by Crippen LogP contribution is 2.55. The lowest BCUT2D eigenvalue weighted by molar-refractivity contribution is -0.201. The SMILES string of the molecule is COC(=O)C1N2C(=O)C(NC(=O)CCl)(OC)C2SC1(C)C. The number of hydrogen-bond acceptors (Lipinski definition) is 6. The third-order valence-electron chi connectivity index (χ3n) is 3.70. The van der Waals surface area contributed by atoms with Crippen LogP contribution in [0.1, 0.15) is 13.8 Å². The largest absolute Gasteiger partial charge is 0.467 e. The quantitative estimate of drug-likeness (QED) is 0.334. The molecule has 0 aromatic rings. The second-order valence-electron chi connectivity index (χ2n) is 5.33. The van der Waals surface area contributed by atoms with Gasteiger partial charge in [-0.2, -0.15) is 0 Å². The summed E-state index contributed by atoms with van der Waals surface area (Å²) < 4.78 is 9.50. The van der Waals surface area contributed by atoms with Crippen molar-refractivity contribution >= 4 is 41.1 Å². The predicted molar refractivity (Wildman–Crippen MR) is 76.7 cm³/mol. The normalized spacial score (nSPS) is 33.2. The van der Waals surface area contributed by atoms with Crippen LogP contribution >= 0.6 is 23.4 Å². The smallest absolute Gasteiger partial charge is 0.330 e. The average Bonchev–Trinajstić information content (AvgIpc) is 2.72. The van der Waals surface area contributed by atoms with Crippen LogP contribution in [0.5, 0.6) is 0 Å². The first-order chi connectivity index (χ1) is 9.75. The molecule has 9 heteroatoms.